The number of nitrogens with one attached hydrogen (secondary N) is 1. The van der Waals surface area contributed by atoms with Crippen molar-refractivity contribution in [2.75, 3.05) is 37.7 Å². The average Bonchev–Trinajstić information content (AvgIpc) is 3.62. The van der Waals surface area contributed by atoms with E-state index in [-0.39, 0.29) is 45.4 Å². The summed E-state index contributed by atoms with van der Waals surface area (Å²) in [7, 11) is 0. The number of rotatable bonds is 6. The maximum Gasteiger partial charge on any atom is 0.573 e. The van der Waals surface area contributed by atoms with E-state index in [9.17, 15) is 13.2 Å². The van der Waals surface area contributed by atoms with Crippen LogP contribution in [0.2, 0.25) is 5.02 Å². The Morgan fingerprint density at radius 3 is 2.51 bits per heavy atom. The minimum Gasteiger partial charge on any atom is -0.461 e. The van der Waals surface area contributed by atoms with Gasteiger partial charge >= 0.3 is 12.4 Å². The van der Waals surface area contributed by atoms with Crippen LogP contribution in [0.1, 0.15) is 38.5 Å². The van der Waals surface area contributed by atoms with Gasteiger partial charge in [0.05, 0.1) is 15.9 Å². The van der Waals surface area contributed by atoms with Gasteiger partial charge in [-0.25, -0.2) is 4.39 Å². The van der Waals surface area contributed by atoms with Crippen LogP contribution >= 0.6 is 11.6 Å². The van der Waals surface area contributed by atoms with Gasteiger partial charge in [-0.1, -0.05) is 17.7 Å². The molecule has 13 heteroatoms. The van der Waals surface area contributed by atoms with Gasteiger partial charge in [-0.2, -0.15) is 9.97 Å². The second kappa shape index (κ2) is 10.1. The molecule has 0 spiro atoms. The number of benzene rings is 1. The van der Waals surface area contributed by atoms with Crippen LogP contribution in [0.4, 0.5) is 23.4 Å². The van der Waals surface area contributed by atoms with Crippen LogP contribution in [0, 0.1) is 5.82 Å². The number of para-hydroxylation sites is 1. The third-order valence-electron chi connectivity index (χ3n) is 8.88. The van der Waals surface area contributed by atoms with E-state index < -0.39 is 17.9 Å². The predicted molar refractivity (Wildman–Crippen MR) is 145 cm³/mol. The molecule has 0 radical (unpaired) electrons. The highest BCUT2D eigenvalue weighted by atomic mass is 35.5. The van der Waals surface area contributed by atoms with Gasteiger partial charge in [-0.15, -0.1) is 13.2 Å². The summed E-state index contributed by atoms with van der Waals surface area (Å²) in [5, 5.41) is 3.63. The van der Waals surface area contributed by atoms with Gasteiger partial charge in [-0.3, -0.25) is 9.88 Å². The maximum absolute atomic E-state index is 16.3. The summed E-state index contributed by atoms with van der Waals surface area (Å²) in [5.74, 6) is -1.12. The van der Waals surface area contributed by atoms with Crippen LogP contribution in [-0.4, -0.2) is 76.6 Å². The number of hydrogen-bond donors (Lipinski definition) is 1. The van der Waals surface area contributed by atoms with E-state index in [0.29, 0.717) is 30.9 Å². The number of pyridine rings is 1. The minimum atomic E-state index is -5.03. The van der Waals surface area contributed by atoms with Crippen molar-refractivity contribution in [3.05, 3.63) is 35.2 Å². The molecule has 2 unspecified atom stereocenters. The molecular weight excluding hydrogens is 564 g/mol. The molecule has 0 aliphatic carbocycles. The molecule has 2 atom stereocenters. The zero-order valence-electron chi connectivity index (χ0n) is 22.2. The Morgan fingerprint density at radius 2 is 1.80 bits per heavy atom. The molecule has 4 saturated heterocycles. The number of anilines is 1. The van der Waals surface area contributed by atoms with Gasteiger partial charge in [0.2, 0.25) is 0 Å². The predicted octanol–water partition coefficient (Wildman–Crippen LogP) is 5.33. The van der Waals surface area contributed by atoms with Crippen LogP contribution in [-0.2, 0) is 0 Å². The number of hydrogen-bond acceptors (Lipinski definition) is 8. The van der Waals surface area contributed by atoms with Crippen molar-refractivity contribution in [1.82, 2.24) is 25.2 Å². The second-order valence-corrected chi connectivity index (χ2v) is 11.8. The van der Waals surface area contributed by atoms with Crippen molar-refractivity contribution in [3.63, 3.8) is 0 Å². The zero-order chi connectivity index (χ0) is 28.4. The molecule has 8 nitrogen and oxygen atoms in total. The van der Waals surface area contributed by atoms with Crippen LogP contribution in [0.25, 0.3) is 22.2 Å². The van der Waals surface area contributed by atoms with E-state index >= 15 is 4.39 Å². The summed E-state index contributed by atoms with van der Waals surface area (Å²) < 4.78 is 66.4. The highest BCUT2D eigenvalue weighted by Gasteiger charge is 2.45. The first-order valence-corrected chi connectivity index (χ1v) is 14.4. The number of piperazine rings is 1. The number of ether oxygens (including phenoxy) is 2. The minimum absolute atomic E-state index is 0.0420. The van der Waals surface area contributed by atoms with E-state index in [2.05, 4.69) is 29.8 Å². The molecular formula is C28H29ClF4N6O2. The maximum atomic E-state index is 16.3. The van der Waals surface area contributed by atoms with Crippen molar-refractivity contribution >= 4 is 28.3 Å². The number of aromatic nitrogens is 3. The standard InChI is InChI=1S/C28H29ClF4N6O2/c29-20-5-1-4-18(24(20)41-28(31,32)33)22-21(30)23-19(12-34-22)25(38-13-16-6-7-17(14-38)35-16)37-26(36-23)40-15-27-8-2-10-39(27)11-3-9-27/h1,4-5,12,16-17,35H,2-3,6-11,13-15H2. The normalized spacial score (nSPS) is 23.8. The first-order valence-electron chi connectivity index (χ1n) is 14.0. The summed E-state index contributed by atoms with van der Waals surface area (Å²) in [5.41, 5.74) is -0.736. The molecule has 6 heterocycles. The molecule has 2 bridgehead atoms. The Morgan fingerprint density at radius 1 is 1.07 bits per heavy atom. The fourth-order valence-electron chi connectivity index (χ4n) is 7.06. The highest BCUT2D eigenvalue weighted by Crippen LogP contribution is 2.42. The molecule has 218 valence electrons. The lowest BCUT2D eigenvalue weighted by atomic mass is 9.95. The Bertz CT molecular complexity index is 1470. The molecule has 1 N–H and O–H groups in total. The molecule has 4 aliphatic rings. The zero-order valence-corrected chi connectivity index (χ0v) is 22.9. The van der Waals surface area contributed by atoms with Crippen LogP contribution in [0.3, 0.4) is 0 Å². The number of halogens is 5. The molecule has 0 saturated carbocycles. The van der Waals surface area contributed by atoms with Crippen LogP contribution < -0.4 is 19.7 Å². The summed E-state index contributed by atoms with van der Waals surface area (Å²) in [4.78, 5) is 18.0. The van der Waals surface area contributed by atoms with Gasteiger partial charge in [0, 0.05) is 36.9 Å². The van der Waals surface area contributed by atoms with Crippen molar-refractivity contribution in [2.45, 2.75) is 62.5 Å². The van der Waals surface area contributed by atoms with E-state index in [1.54, 1.807) is 0 Å². The van der Waals surface area contributed by atoms with E-state index in [4.69, 9.17) is 21.3 Å². The summed E-state index contributed by atoms with van der Waals surface area (Å²) in [6, 6.07) is 4.56. The summed E-state index contributed by atoms with van der Waals surface area (Å²) >= 11 is 6.05. The second-order valence-electron chi connectivity index (χ2n) is 11.4. The Kier molecular flexibility index (Phi) is 6.62. The van der Waals surface area contributed by atoms with E-state index in [1.165, 1.54) is 24.4 Å². The number of fused-ring (bicyclic) bond motifs is 4. The molecule has 3 aromatic rings. The molecule has 2 aromatic heterocycles. The lowest BCUT2D eigenvalue weighted by Gasteiger charge is -2.34. The van der Waals surface area contributed by atoms with Crippen molar-refractivity contribution < 1.29 is 27.0 Å². The van der Waals surface area contributed by atoms with Gasteiger partial charge in [0.25, 0.3) is 0 Å². The number of nitrogens with zero attached hydrogens (tertiary/aromatic N) is 5. The molecule has 7 rings (SSSR count). The van der Waals surface area contributed by atoms with Crippen molar-refractivity contribution in [2.24, 2.45) is 0 Å². The van der Waals surface area contributed by atoms with Crippen molar-refractivity contribution in [1.29, 1.82) is 0 Å². The lowest BCUT2D eigenvalue weighted by Crippen LogP contribution is -2.51. The molecule has 41 heavy (non-hydrogen) atoms. The first-order chi connectivity index (χ1) is 19.7. The monoisotopic (exact) mass is 592 g/mol. The first kappa shape index (κ1) is 26.9. The fourth-order valence-corrected chi connectivity index (χ4v) is 7.27. The van der Waals surface area contributed by atoms with E-state index in [0.717, 1.165) is 51.6 Å². The quantitative estimate of drug-likeness (QED) is 0.385. The number of alkyl halides is 3. The van der Waals surface area contributed by atoms with Gasteiger partial charge < -0.3 is 19.7 Å². The van der Waals surface area contributed by atoms with Crippen LogP contribution in [0.5, 0.6) is 11.8 Å². The fraction of sp³-hybridized carbons (Fsp3) is 0.536. The largest absolute Gasteiger partial charge is 0.573 e. The average molecular weight is 593 g/mol. The topological polar surface area (TPSA) is 75.6 Å². The van der Waals surface area contributed by atoms with Crippen molar-refractivity contribution in [3.8, 4) is 23.0 Å². The summed E-state index contributed by atoms with van der Waals surface area (Å²) in [6.45, 7) is 3.81. The third kappa shape index (κ3) is 4.93. The Balaban J connectivity index is 1.32. The summed E-state index contributed by atoms with van der Waals surface area (Å²) in [6.07, 6.45) is 2.70. The third-order valence-corrected chi connectivity index (χ3v) is 9.18. The van der Waals surface area contributed by atoms with Gasteiger partial charge in [-0.05, 0) is 63.7 Å². The van der Waals surface area contributed by atoms with E-state index in [1.807, 2.05) is 0 Å². The molecule has 4 fully saturated rings. The molecule has 4 aliphatic heterocycles. The van der Waals surface area contributed by atoms with Crippen LogP contribution in [0.15, 0.2) is 24.4 Å². The SMILES string of the molecule is Fc1c(-c2cccc(Cl)c2OC(F)(F)F)ncc2c(N3CC4CCC(C3)N4)nc(OCC34CCCN3CCC4)nc12. The molecule has 1 aromatic carbocycles. The molecule has 0 amide bonds. The Labute approximate surface area is 239 Å². The lowest BCUT2D eigenvalue weighted by molar-refractivity contribution is -0.274. The smallest absolute Gasteiger partial charge is 0.461 e. The van der Waals surface area contributed by atoms with Gasteiger partial charge in [0.1, 0.15) is 23.6 Å². The van der Waals surface area contributed by atoms with Gasteiger partial charge in [0.15, 0.2) is 11.6 Å². The highest BCUT2D eigenvalue weighted by molar-refractivity contribution is 6.32. The Hall–Kier alpha value is -2.96.